The molecule has 2 aromatic carbocycles. The fourth-order valence-corrected chi connectivity index (χ4v) is 3.08. The number of amides is 1. The van der Waals surface area contributed by atoms with Crippen LogP contribution in [0.5, 0.6) is 5.75 Å². The average Bonchev–Trinajstić information content (AvgIpc) is 2.61. The summed E-state index contributed by atoms with van der Waals surface area (Å²) in [6.07, 6.45) is 4.52. The number of carboxylic acid groups (broad SMARTS) is 1. The number of rotatable bonds is 5. The van der Waals surface area contributed by atoms with Gasteiger partial charge in [0.1, 0.15) is 5.75 Å². The van der Waals surface area contributed by atoms with Gasteiger partial charge in [0.15, 0.2) is 6.61 Å². The molecular weight excluding hydrogens is 318 g/mol. The second-order valence-electron chi connectivity index (χ2n) is 6.30. The van der Waals surface area contributed by atoms with Crippen LogP contribution >= 0.6 is 0 Å². The number of anilines is 1. The van der Waals surface area contributed by atoms with Crippen molar-refractivity contribution in [2.75, 3.05) is 11.9 Å². The Bertz CT molecular complexity index is 813. The van der Waals surface area contributed by atoms with Crippen LogP contribution in [0.3, 0.4) is 0 Å². The van der Waals surface area contributed by atoms with Crippen LogP contribution in [-0.2, 0) is 17.6 Å². The standard InChI is InChI=1S/C20H21NO4/c1-13-10-17(25-12-19(22)23)8-9-18(13)21-20(24)16-7-6-14-4-2-3-5-15(14)11-16/h6-11H,2-5,12H2,1H3,(H,21,24)(H,22,23). The number of aliphatic carboxylic acids is 1. The van der Waals surface area contributed by atoms with Gasteiger partial charge in [0.2, 0.25) is 0 Å². The Kier molecular flexibility index (Phi) is 5.03. The van der Waals surface area contributed by atoms with E-state index in [4.69, 9.17) is 9.84 Å². The molecule has 1 aliphatic rings. The van der Waals surface area contributed by atoms with E-state index in [0.29, 0.717) is 17.0 Å². The van der Waals surface area contributed by atoms with Crippen LogP contribution in [0.15, 0.2) is 36.4 Å². The lowest BCUT2D eigenvalue weighted by molar-refractivity contribution is -0.139. The molecule has 2 N–H and O–H groups in total. The molecule has 3 rings (SSSR count). The molecule has 25 heavy (non-hydrogen) atoms. The van der Waals surface area contributed by atoms with Crippen LogP contribution < -0.4 is 10.1 Å². The normalized spacial score (nSPS) is 13.0. The first kappa shape index (κ1) is 17.0. The maximum Gasteiger partial charge on any atom is 0.341 e. The number of hydrogen-bond donors (Lipinski definition) is 2. The number of benzene rings is 2. The highest BCUT2D eigenvalue weighted by molar-refractivity contribution is 6.04. The molecule has 5 heteroatoms. The van der Waals surface area contributed by atoms with Gasteiger partial charge in [-0.3, -0.25) is 4.79 Å². The molecule has 0 aromatic heterocycles. The Morgan fingerprint density at radius 2 is 1.84 bits per heavy atom. The van der Waals surface area contributed by atoms with E-state index in [2.05, 4.69) is 11.4 Å². The van der Waals surface area contributed by atoms with Crippen LogP contribution in [0.2, 0.25) is 0 Å². The maximum atomic E-state index is 12.5. The summed E-state index contributed by atoms with van der Waals surface area (Å²) >= 11 is 0. The summed E-state index contributed by atoms with van der Waals surface area (Å²) in [6, 6.07) is 11.0. The molecule has 0 heterocycles. The molecule has 0 spiro atoms. The molecule has 0 bridgehead atoms. The molecular formula is C20H21NO4. The van der Waals surface area contributed by atoms with Crippen molar-refractivity contribution in [1.82, 2.24) is 0 Å². The first-order chi connectivity index (χ1) is 12.0. The summed E-state index contributed by atoms with van der Waals surface area (Å²) in [7, 11) is 0. The Hall–Kier alpha value is -2.82. The SMILES string of the molecule is Cc1cc(OCC(=O)O)ccc1NC(=O)c1ccc2c(c1)CCCC2. The van der Waals surface area contributed by atoms with E-state index >= 15 is 0 Å². The van der Waals surface area contributed by atoms with Gasteiger partial charge in [0, 0.05) is 11.3 Å². The minimum Gasteiger partial charge on any atom is -0.482 e. The Morgan fingerprint density at radius 1 is 1.08 bits per heavy atom. The smallest absolute Gasteiger partial charge is 0.341 e. The first-order valence-electron chi connectivity index (χ1n) is 8.41. The number of nitrogens with one attached hydrogen (secondary N) is 1. The molecule has 1 aliphatic carbocycles. The summed E-state index contributed by atoms with van der Waals surface area (Å²) in [4.78, 5) is 23.1. The zero-order chi connectivity index (χ0) is 17.8. The molecule has 0 atom stereocenters. The van der Waals surface area contributed by atoms with Crippen LogP contribution in [0, 0.1) is 6.92 Å². The topological polar surface area (TPSA) is 75.6 Å². The van der Waals surface area contributed by atoms with Gasteiger partial charge in [-0.15, -0.1) is 0 Å². The van der Waals surface area contributed by atoms with Gasteiger partial charge in [-0.2, -0.15) is 0 Å². The molecule has 5 nitrogen and oxygen atoms in total. The van der Waals surface area contributed by atoms with Crippen molar-refractivity contribution >= 4 is 17.6 Å². The number of carbonyl (C=O) groups excluding carboxylic acids is 1. The van der Waals surface area contributed by atoms with Crippen molar-refractivity contribution in [3.63, 3.8) is 0 Å². The van der Waals surface area contributed by atoms with Gasteiger partial charge in [-0.25, -0.2) is 4.79 Å². The van der Waals surface area contributed by atoms with Crippen LogP contribution in [-0.4, -0.2) is 23.6 Å². The highest BCUT2D eigenvalue weighted by Crippen LogP contribution is 2.24. The van der Waals surface area contributed by atoms with E-state index < -0.39 is 5.97 Å². The van der Waals surface area contributed by atoms with Gasteiger partial charge in [0.25, 0.3) is 5.91 Å². The van der Waals surface area contributed by atoms with Crippen molar-refractivity contribution in [3.8, 4) is 5.75 Å². The third-order valence-electron chi connectivity index (χ3n) is 4.42. The summed E-state index contributed by atoms with van der Waals surface area (Å²) in [5.41, 5.74) is 4.78. The monoisotopic (exact) mass is 339 g/mol. The summed E-state index contributed by atoms with van der Waals surface area (Å²) in [6.45, 7) is 1.45. The van der Waals surface area contributed by atoms with E-state index in [9.17, 15) is 9.59 Å². The molecule has 0 aliphatic heterocycles. The minimum absolute atomic E-state index is 0.143. The molecule has 130 valence electrons. The van der Waals surface area contributed by atoms with Gasteiger partial charge < -0.3 is 15.2 Å². The van der Waals surface area contributed by atoms with Crippen molar-refractivity contribution < 1.29 is 19.4 Å². The Labute approximate surface area is 146 Å². The van der Waals surface area contributed by atoms with Crippen LogP contribution in [0.1, 0.15) is 39.9 Å². The van der Waals surface area contributed by atoms with E-state index in [0.717, 1.165) is 18.4 Å². The molecule has 1 amide bonds. The first-order valence-corrected chi connectivity index (χ1v) is 8.41. The van der Waals surface area contributed by atoms with Crippen molar-refractivity contribution in [2.24, 2.45) is 0 Å². The summed E-state index contributed by atoms with van der Waals surface area (Å²) < 4.78 is 5.14. The van der Waals surface area contributed by atoms with Gasteiger partial charge in [-0.1, -0.05) is 6.07 Å². The number of ether oxygens (including phenoxy) is 1. The minimum atomic E-state index is -1.03. The number of carboxylic acids is 1. The largest absolute Gasteiger partial charge is 0.482 e. The number of fused-ring (bicyclic) bond motifs is 1. The lowest BCUT2D eigenvalue weighted by Gasteiger charge is -2.17. The zero-order valence-electron chi connectivity index (χ0n) is 14.2. The highest BCUT2D eigenvalue weighted by Gasteiger charge is 2.14. The molecule has 2 aromatic rings. The van der Waals surface area contributed by atoms with Crippen LogP contribution in [0.25, 0.3) is 0 Å². The quantitative estimate of drug-likeness (QED) is 0.873. The zero-order valence-corrected chi connectivity index (χ0v) is 14.2. The predicted molar refractivity (Wildman–Crippen MR) is 95.3 cm³/mol. The van der Waals surface area contributed by atoms with Crippen molar-refractivity contribution in [2.45, 2.75) is 32.6 Å². The third kappa shape index (κ3) is 4.18. The second-order valence-corrected chi connectivity index (χ2v) is 6.30. The molecule has 0 saturated heterocycles. The van der Waals surface area contributed by atoms with E-state index in [-0.39, 0.29) is 12.5 Å². The van der Waals surface area contributed by atoms with Crippen molar-refractivity contribution in [1.29, 1.82) is 0 Å². The number of hydrogen-bond acceptors (Lipinski definition) is 3. The number of aryl methyl sites for hydroxylation is 3. The third-order valence-corrected chi connectivity index (χ3v) is 4.42. The van der Waals surface area contributed by atoms with Crippen LogP contribution in [0.4, 0.5) is 5.69 Å². The molecule has 0 fully saturated rings. The van der Waals surface area contributed by atoms with Crippen molar-refractivity contribution in [3.05, 3.63) is 58.7 Å². The van der Waals surface area contributed by atoms with E-state index in [1.54, 1.807) is 18.2 Å². The second kappa shape index (κ2) is 7.38. The Morgan fingerprint density at radius 3 is 2.56 bits per heavy atom. The Balaban J connectivity index is 1.71. The number of carbonyl (C=O) groups is 2. The van der Waals surface area contributed by atoms with E-state index in [1.165, 1.54) is 24.0 Å². The van der Waals surface area contributed by atoms with Gasteiger partial charge >= 0.3 is 5.97 Å². The lowest BCUT2D eigenvalue weighted by atomic mass is 9.90. The maximum absolute atomic E-state index is 12.5. The average molecular weight is 339 g/mol. The summed E-state index contributed by atoms with van der Waals surface area (Å²) in [5.74, 6) is -0.704. The molecule has 0 unspecified atom stereocenters. The van der Waals surface area contributed by atoms with E-state index in [1.807, 2.05) is 19.1 Å². The van der Waals surface area contributed by atoms with Gasteiger partial charge in [-0.05, 0) is 79.6 Å². The molecule has 0 radical (unpaired) electrons. The fraction of sp³-hybridized carbons (Fsp3) is 0.300. The lowest BCUT2D eigenvalue weighted by Crippen LogP contribution is -2.14. The highest BCUT2D eigenvalue weighted by atomic mass is 16.5. The van der Waals surface area contributed by atoms with Gasteiger partial charge in [0.05, 0.1) is 0 Å². The molecule has 0 saturated carbocycles. The fourth-order valence-electron chi connectivity index (χ4n) is 3.08. The predicted octanol–water partition coefficient (Wildman–Crippen LogP) is 3.59. The summed E-state index contributed by atoms with van der Waals surface area (Å²) in [5, 5.41) is 11.6.